The lowest BCUT2D eigenvalue weighted by Gasteiger charge is -2.31. The fourth-order valence-corrected chi connectivity index (χ4v) is 3.25. The maximum Gasteiger partial charge on any atom is 0.309 e. The second-order valence-corrected chi connectivity index (χ2v) is 6.23. The van der Waals surface area contributed by atoms with E-state index in [9.17, 15) is 4.79 Å². The number of rotatable bonds is 6. The maximum absolute atomic E-state index is 11.9. The Bertz CT molecular complexity index is 688. The minimum atomic E-state index is -0.0465. The zero-order chi connectivity index (χ0) is 17.6. The molecule has 6 heteroatoms. The van der Waals surface area contributed by atoms with Crippen LogP contribution in [0.5, 0.6) is 5.88 Å². The minimum absolute atomic E-state index is 0.0465. The van der Waals surface area contributed by atoms with E-state index in [2.05, 4.69) is 20.5 Å². The first kappa shape index (κ1) is 17.5. The molecule has 0 unspecified atom stereocenters. The van der Waals surface area contributed by atoms with Gasteiger partial charge < -0.3 is 14.0 Å². The molecule has 1 fully saturated rings. The number of methoxy groups -OCH3 is 1. The molecular weight excluding hydrogens is 318 g/mol. The van der Waals surface area contributed by atoms with Crippen molar-refractivity contribution in [3.63, 3.8) is 0 Å². The Kier molecular flexibility index (Phi) is 5.71. The third-order valence-electron chi connectivity index (χ3n) is 4.63. The number of piperidine rings is 1. The molecule has 0 bridgehead atoms. The van der Waals surface area contributed by atoms with E-state index in [0.29, 0.717) is 12.5 Å². The molecule has 1 aliphatic rings. The Labute approximate surface area is 148 Å². The molecule has 1 aliphatic heterocycles. The van der Waals surface area contributed by atoms with Gasteiger partial charge in [0, 0.05) is 24.5 Å². The molecule has 25 heavy (non-hydrogen) atoms. The Balaban J connectivity index is 1.61. The summed E-state index contributed by atoms with van der Waals surface area (Å²) in [7, 11) is 1.61. The lowest BCUT2D eigenvalue weighted by atomic mass is 9.97. The highest BCUT2D eigenvalue weighted by Crippen LogP contribution is 2.22. The van der Waals surface area contributed by atoms with Crippen LogP contribution in [0.15, 0.2) is 36.7 Å². The summed E-state index contributed by atoms with van der Waals surface area (Å²) in [6, 6.07) is 8.04. The summed E-state index contributed by atoms with van der Waals surface area (Å²) in [4.78, 5) is 18.5. The molecule has 2 aromatic heterocycles. The molecular formula is C19H25N3O3. The molecule has 0 spiro atoms. The fraction of sp³-hybridized carbons (Fsp3) is 0.474. The van der Waals surface area contributed by atoms with Gasteiger partial charge in [-0.2, -0.15) is 0 Å². The van der Waals surface area contributed by atoms with Crippen LogP contribution in [0.3, 0.4) is 0 Å². The number of likely N-dealkylation sites (tertiary alicyclic amines) is 1. The van der Waals surface area contributed by atoms with E-state index in [-0.39, 0.29) is 11.9 Å². The third kappa shape index (κ3) is 4.20. The highest BCUT2D eigenvalue weighted by atomic mass is 16.5. The molecule has 3 rings (SSSR count). The van der Waals surface area contributed by atoms with Crippen molar-refractivity contribution in [2.24, 2.45) is 5.92 Å². The standard InChI is InChI=1S/C19H25N3O3/c1-3-25-19(23)15-8-11-21(12-9-15)14-17-5-4-10-22(17)16-6-7-18(24-2)20-13-16/h4-7,10,13,15H,3,8-9,11-12,14H2,1-2H3. The number of hydrogen-bond acceptors (Lipinski definition) is 5. The first-order valence-electron chi connectivity index (χ1n) is 8.77. The molecule has 2 aromatic rings. The number of pyridine rings is 1. The first-order chi connectivity index (χ1) is 12.2. The minimum Gasteiger partial charge on any atom is -0.481 e. The zero-order valence-electron chi connectivity index (χ0n) is 14.9. The molecule has 0 N–H and O–H groups in total. The van der Waals surface area contributed by atoms with Crippen molar-refractivity contribution in [1.29, 1.82) is 0 Å². The SMILES string of the molecule is CCOC(=O)C1CCN(Cc2cccn2-c2ccc(OC)nc2)CC1. The molecule has 0 aliphatic carbocycles. The van der Waals surface area contributed by atoms with Gasteiger partial charge >= 0.3 is 5.97 Å². The van der Waals surface area contributed by atoms with Crippen LogP contribution in [0.25, 0.3) is 5.69 Å². The van der Waals surface area contributed by atoms with Crippen LogP contribution in [0.1, 0.15) is 25.5 Å². The maximum atomic E-state index is 11.9. The molecule has 0 aromatic carbocycles. The molecule has 0 amide bonds. The van der Waals surface area contributed by atoms with Crippen LogP contribution in [-0.2, 0) is 16.1 Å². The third-order valence-corrected chi connectivity index (χ3v) is 4.63. The second kappa shape index (κ2) is 8.16. The molecule has 1 saturated heterocycles. The van der Waals surface area contributed by atoms with E-state index in [1.165, 1.54) is 5.69 Å². The van der Waals surface area contributed by atoms with Gasteiger partial charge in [-0.25, -0.2) is 4.98 Å². The summed E-state index contributed by atoms with van der Waals surface area (Å²) in [6.07, 6.45) is 5.59. The fourth-order valence-electron chi connectivity index (χ4n) is 3.25. The molecule has 134 valence electrons. The summed E-state index contributed by atoms with van der Waals surface area (Å²) >= 11 is 0. The predicted molar refractivity (Wildman–Crippen MR) is 94.8 cm³/mol. The molecule has 0 atom stereocenters. The number of aromatic nitrogens is 2. The summed E-state index contributed by atoms with van der Waals surface area (Å²) in [6.45, 7) is 5.00. The van der Waals surface area contributed by atoms with Gasteiger partial charge in [-0.1, -0.05) is 0 Å². The van der Waals surface area contributed by atoms with Gasteiger partial charge in [0.25, 0.3) is 0 Å². The summed E-state index contributed by atoms with van der Waals surface area (Å²) in [5.41, 5.74) is 2.23. The molecule has 3 heterocycles. The summed E-state index contributed by atoms with van der Waals surface area (Å²) < 4.78 is 12.4. The smallest absolute Gasteiger partial charge is 0.309 e. The Morgan fingerprint density at radius 1 is 1.28 bits per heavy atom. The van der Waals surface area contributed by atoms with Crippen LogP contribution >= 0.6 is 0 Å². The largest absolute Gasteiger partial charge is 0.481 e. The topological polar surface area (TPSA) is 56.6 Å². The van der Waals surface area contributed by atoms with Crippen molar-refractivity contribution in [1.82, 2.24) is 14.5 Å². The van der Waals surface area contributed by atoms with Gasteiger partial charge in [0.05, 0.1) is 31.5 Å². The second-order valence-electron chi connectivity index (χ2n) is 6.23. The van der Waals surface area contributed by atoms with Gasteiger partial charge in [-0.05, 0) is 51.1 Å². The van der Waals surface area contributed by atoms with E-state index in [4.69, 9.17) is 9.47 Å². The number of ether oxygens (including phenoxy) is 2. The lowest BCUT2D eigenvalue weighted by Crippen LogP contribution is -2.36. The average Bonchev–Trinajstić information content (AvgIpc) is 3.10. The Morgan fingerprint density at radius 2 is 2.08 bits per heavy atom. The number of carbonyl (C=O) groups excluding carboxylic acids is 1. The van der Waals surface area contributed by atoms with Crippen LogP contribution in [0.2, 0.25) is 0 Å². The zero-order valence-corrected chi connectivity index (χ0v) is 14.9. The van der Waals surface area contributed by atoms with Crippen molar-refractivity contribution < 1.29 is 14.3 Å². The normalized spacial score (nSPS) is 15.9. The number of esters is 1. The number of nitrogens with zero attached hydrogens (tertiary/aromatic N) is 3. The molecule has 0 saturated carbocycles. The van der Waals surface area contributed by atoms with Crippen LogP contribution in [-0.4, -0.2) is 47.2 Å². The highest BCUT2D eigenvalue weighted by Gasteiger charge is 2.26. The van der Waals surface area contributed by atoms with E-state index in [0.717, 1.165) is 38.2 Å². The number of hydrogen-bond donors (Lipinski definition) is 0. The van der Waals surface area contributed by atoms with Gasteiger partial charge in [0.15, 0.2) is 0 Å². The van der Waals surface area contributed by atoms with Crippen molar-refractivity contribution in [3.8, 4) is 11.6 Å². The van der Waals surface area contributed by atoms with E-state index >= 15 is 0 Å². The van der Waals surface area contributed by atoms with Crippen LogP contribution < -0.4 is 4.74 Å². The van der Waals surface area contributed by atoms with Gasteiger partial charge in [0.1, 0.15) is 0 Å². The van der Waals surface area contributed by atoms with Gasteiger partial charge in [-0.3, -0.25) is 9.69 Å². The van der Waals surface area contributed by atoms with E-state index in [1.54, 1.807) is 7.11 Å². The highest BCUT2D eigenvalue weighted by molar-refractivity contribution is 5.72. The first-order valence-corrected chi connectivity index (χ1v) is 8.77. The van der Waals surface area contributed by atoms with Gasteiger partial charge in [-0.15, -0.1) is 0 Å². The van der Waals surface area contributed by atoms with Crippen LogP contribution in [0, 0.1) is 5.92 Å². The van der Waals surface area contributed by atoms with Crippen molar-refractivity contribution in [2.45, 2.75) is 26.3 Å². The molecule has 0 radical (unpaired) electrons. The van der Waals surface area contributed by atoms with Gasteiger partial charge in [0.2, 0.25) is 5.88 Å². The monoisotopic (exact) mass is 343 g/mol. The lowest BCUT2D eigenvalue weighted by molar-refractivity contribution is -0.149. The Morgan fingerprint density at radius 3 is 2.72 bits per heavy atom. The van der Waals surface area contributed by atoms with Crippen molar-refractivity contribution in [3.05, 3.63) is 42.4 Å². The summed E-state index contributed by atoms with van der Waals surface area (Å²) in [5, 5.41) is 0. The average molecular weight is 343 g/mol. The quantitative estimate of drug-likeness (QED) is 0.755. The Hall–Kier alpha value is -2.34. The van der Waals surface area contributed by atoms with Crippen molar-refractivity contribution in [2.75, 3.05) is 26.8 Å². The predicted octanol–water partition coefficient (Wildman–Crippen LogP) is 2.66. The van der Waals surface area contributed by atoms with E-state index < -0.39 is 0 Å². The van der Waals surface area contributed by atoms with E-state index in [1.807, 2.05) is 37.5 Å². The number of carbonyl (C=O) groups is 1. The summed E-state index contributed by atoms with van der Waals surface area (Å²) in [5.74, 6) is 0.613. The van der Waals surface area contributed by atoms with Crippen LogP contribution in [0.4, 0.5) is 0 Å². The van der Waals surface area contributed by atoms with Crippen molar-refractivity contribution >= 4 is 5.97 Å². The molecule has 6 nitrogen and oxygen atoms in total.